The number of nitrogens with zero attached hydrogens (tertiary/aromatic N) is 1. The summed E-state index contributed by atoms with van der Waals surface area (Å²) < 4.78 is 28.9. The summed E-state index contributed by atoms with van der Waals surface area (Å²) in [4.78, 5) is 2.78. The van der Waals surface area contributed by atoms with Gasteiger partial charge in [0, 0.05) is 11.4 Å². The van der Waals surface area contributed by atoms with Crippen LogP contribution < -0.4 is 4.72 Å². The topological polar surface area (TPSA) is 49.4 Å². The molecule has 0 fully saturated rings. The number of benzene rings is 2. The molecule has 2 aromatic carbocycles. The molecule has 2 aromatic rings. The van der Waals surface area contributed by atoms with E-state index in [1.165, 1.54) is 11.1 Å². The molecule has 0 spiro atoms. The van der Waals surface area contributed by atoms with E-state index < -0.39 is 10.0 Å². The van der Waals surface area contributed by atoms with Crippen molar-refractivity contribution in [2.24, 2.45) is 0 Å². The van der Waals surface area contributed by atoms with Crippen LogP contribution in [0.15, 0.2) is 35.2 Å². The van der Waals surface area contributed by atoms with E-state index in [2.05, 4.69) is 29.5 Å². The van der Waals surface area contributed by atoms with Crippen LogP contribution in [-0.2, 0) is 22.9 Å². The van der Waals surface area contributed by atoms with Crippen LogP contribution >= 0.6 is 0 Å². The van der Waals surface area contributed by atoms with Crippen molar-refractivity contribution < 1.29 is 8.42 Å². The highest BCUT2D eigenvalue weighted by Gasteiger charge is 2.23. The first-order valence-electron chi connectivity index (χ1n) is 9.74. The van der Waals surface area contributed by atoms with E-state index in [1.54, 1.807) is 6.07 Å². The van der Waals surface area contributed by atoms with Crippen LogP contribution in [0.1, 0.15) is 44.7 Å². The highest BCUT2D eigenvalue weighted by molar-refractivity contribution is 7.89. The predicted molar refractivity (Wildman–Crippen MR) is 108 cm³/mol. The Morgan fingerprint density at radius 1 is 1.08 bits per heavy atom. The molecule has 1 N–H and O–H groups in total. The monoisotopic (exact) mass is 374 g/mol. The normalized spacial score (nSPS) is 15.1. The van der Waals surface area contributed by atoms with Gasteiger partial charge in [0.25, 0.3) is 0 Å². The first-order valence-corrected chi connectivity index (χ1v) is 11.2. The van der Waals surface area contributed by atoms with Gasteiger partial charge in [0.05, 0.1) is 4.90 Å². The Labute approximate surface area is 157 Å². The van der Waals surface area contributed by atoms with Gasteiger partial charge in [0.1, 0.15) is 0 Å². The number of hydrogen-bond donors (Lipinski definition) is 1. The molecule has 1 atom stereocenters. The largest absolute Gasteiger partial charge is 0.304 e. The summed E-state index contributed by atoms with van der Waals surface area (Å²) in [6.45, 7) is 9.37. The molecular formula is C21H30N2O2S. The zero-order chi connectivity index (χ0) is 18.7. The van der Waals surface area contributed by atoms with E-state index in [4.69, 9.17) is 0 Å². The lowest BCUT2D eigenvalue weighted by atomic mass is 10.1. The minimum atomic E-state index is -3.52. The number of rotatable bonds is 9. The maximum Gasteiger partial charge on any atom is 0.241 e. The lowest BCUT2D eigenvalue weighted by Crippen LogP contribution is -2.33. The fourth-order valence-electron chi connectivity index (χ4n) is 4.00. The number of nitrogens with one attached hydrogen (secondary N) is 1. The second-order valence-corrected chi connectivity index (χ2v) is 8.94. The standard InChI is InChI=1S/C21H30N2O2S/c1-4-23(5-2)15-7-8-16(3)22-26(24,25)20-14-13-18-12-11-17-9-6-10-19(20)21(17)18/h6,9-10,13-14,16,22H,4-5,7-8,11-12,15H2,1-3H3. The first-order chi connectivity index (χ1) is 12.5. The Morgan fingerprint density at radius 2 is 1.77 bits per heavy atom. The van der Waals surface area contributed by atoms with Crippen LogP contribution in [0.4, 0.5) is 0 Å². The van der Waals surface area contributed by atoms with Crippen molar-refractivity contribution in [2.45, 2.75) is 57.4 Å². The number of hydrogen-bond acceptors (Lipinski definition) is 3. The summed E-state index contributed by atoms with van der Waals surface area (Å²) in [5, 5.41) is 2.00. The smallest absolute Gasteiger partial charge is 0.241 e. The van der Waals surface area contributed by atoms with Crippen molar-refractivity contribution in [1.29, 1.82) is 0 Å². The summed E-state index contributed by atoms with van der Waals surface area (Å²) in [5.74, 6) is 0. The lowest BCUT2D eigenvalue weighted by Gasteiger charge is -2.20. The third-order valence-electron chi connectivity index (χ3n) is 5.49. The Bertz CT molecular complexity index is 863. The highest BCUT2D eigenvalue weighted by Crippen LogP contribution is 2.34. The zero-order valence-corrected chi connectivity index (χ0v) is 16.9. The van der Waals surface area contributed by atoms with E-state index in [1.807, 2.05) is 25.1 Å². The molecule has 0 saturated heterocycles. The Balaban J connectivity index is 1.74. The molecular weight excluding hydrogens is 344 g/mol. The van der Waals surface area contributed by atoms with Crippen LogP contribution in [0.2, 0.25) is 0 Å². The molecule has 0 bridgehead atoms. The van der Waals surface area contributed by atoms with Crippen LogP contribution in [0.5, 0.6) is 0 Å². The van der Waals surface area contributed by atoms with E-state index in [0.29, 0.717) is 4.90 Å². The van der Waals surface area contributed by atoms with Crippen molar-refractivity contribution in [3.8, 4) is 0 Å². The molecule has 1 unspecified atom stereocenters. The zero-order valence-electron chi connectivity index (χ0n) is 16.1. The van der Waals surface area contributed by atoms with Crippen molar-refractivity contribution in [3.05, 3.63) is 41.5 Å². The summed E-state index contributed by atoms with van der Waals surface area (Å²) in [5.41, 5.74) is 2.53. The van der Waals surface area contributed by atoms with E-state index in [0.717, 1.165) is 56.1 Å². The minimum absolute atomic E-state index is 0.0707. The molecule has 142 valence electrons. The summed E-state index contributed by atoms with van der Waals surface area (Å²) in [6.07, 6.45) is 3.85. The van der Waals surface area contributed by atoms with Gasteiger partial charge in [-0.05, 0) is 74.8 Å². The van der Waals surface area contributed by atoms with Gasteiger partial charge in [-0.1, -0.05) is 38.1 Å². The van der Waals surface area contributed by atoms with Crippen molar-refractivity contribution in [2.75, 3.05) is 19.6 Å². The van der Waals surface area contributed by atoms with E-state index in [-0.39, 0.29) is 6.04 Å². The third kappa shape index (κ3) is 3.95. The molecule has 0 amide bonds. The van der Waals surface area contributed by atoms with Crippen LogP contribution in [0, 0.1) is 0 Å². The van der Waals surface area contributed by atoms with Crippen LogP contribution in [-0.4, -0.2) is 39.0 Å². The van der Waals surface area contributed by atoms with Gasteiger partial charge < -0.3 is 4.90 Å². The predicted octanol–water partition coefficient (Wildman–Crippen LogP) is 3.73. The highest BCUT2D eigenvalue weighted by atomic mass is 32.2. The molecule has 5 heteroatoms. The molecule has 4 nitrogen and oxygen atoms in total. The molecule has 0 aromatic heterocycles. The molecule has 0 radical (unpaired) electrons. The maximum atomic E-state index is 13.0. The van der Waals surface area contributed by atoms with Gasteiger partial charge >= 0.3 is 0 Å². The lowest BCUT2D eigenvalue weighted by molar-refractivity contribution is 0.293. The van der Waals surface area contributed by atoms with E-state index in [9.17, 15) is 8.42 Å². The third-order valence-corrected chi connectivity index (χ3v) is 7.14. The van der Waals surface area contributed by atoms with Gasteiger partial charge in [0.2, 0.25) is 10.0 Å². The number of aryl methyl sites for hydroxylation is 2. The van der Waals surface area contributed by atoms with Gasteiger partial charge in [-0.3, -0.25) is 0 Å². The maximum absolute atomic E-state index is 13.0. The van der Waals surface area contributed by atoms with Crippen molar-refractivity contribution in [3.63, 3.8) is 0 Å². The second kappa shape index (κ2) is 8.07. The first kappa shape index (κ1) is 19.3. The van der Waals surface area contributed by atoms with Crippen molar-refractivity contribution >= 4 is 20.8 Å². The molecule has 3 rings (SSSR count). The minimum Gasteiger partial charge on any atom is -0.304 e. The Kier molecular flexibility index (Phi) is 6.00. The molecule has 0 aliphatic heterocycles. The molecule has 26 heavy (non-hydrogen) atoms. The summed E-state index contributed by atoms with van der Waals surface area (Å²) >= 11 is 0. The molecule has 0 saturated carbocycles. The summed E-state index contributed by atoms with van der Waals surface area (Å²) in [6, 6.07) is 9.71. The average molecular weight is 375 g/mol. The number of sulfonamides is 1. The Morgan fingerprint density at radius 3 is 2.46 bits per heavy atom. The molecule has 1 aliphatic carbocycles. The fraction of sp³-hybridized carbons (Fsp3) is 0.524. The molecule has 1 aliphatic rings. The summed E-state index contributed by atoms with van der Waals surface area (Å²) in [7, 11) is -3.52. The quantitative estimate of drug-likeness (QED) is 0.728. The van der Waals surface area contributed by atoms with Crippen LogP contribution in [0.25, 0.3) is 10.8 Å². The van der Waals surface area contributed by atoms with Gasteiger partial charge in [0.15, 0.2) is 0 Å². The van der Waals surface area contributed by atoms with Gasteiger partial charge in [-0.25, -0.2) is 13.1 Å². The SMILES string of the molecule is CCN(CC)CCCC(C)NS(=O)(=O)c1ccc2c3c(cccc13)CC2. The van der Waals surface area contributed by atoms with Crippen LogP contribution in [0.3, 0.4) is 0 Å². The van der Waals surface area contributed by atoms with Gasteiger partial charge in [-0.2, -0.15) is 0 Å². The average Bonchev–Trinajstić information content (AvgIpc) is 3.04. The Hall–Kier alpha value is -1.43. The molecule has 0 heterocycles. The van der Waals surface area contributed by atoms with Crippen molar-refractivity contribution in [1.82, 2.24) is 9.62 Å². The second-order valence-electron chi connectivity index (χ2n) is 7.25. The fourth-order valence-corrected chi connectivity index (χ4v) is 5.48. The van der Waals surface area contributed by atoms with Gasteiger partial charge in [-0.15, -0.1) is 0 Å². The van der Waals surface area contributed by atoms with E-state index >= 15 is 0 Å².